The predicted molar refractivity (Wildman–Crippen MR) is 117 cm³/mol. The van der Waals surface area contributed by atoms with E-state index in [2.05, 4.69) is 0 Å². The SMILES string of the molecule is COc1ccc(/C(O)=C2/C(=O)C(=O)N(c3cc(F)ccc3F)C2c2ccc(F)cc2)c(OC)c1. The van der Waals surface area contributed by atoms with Crippen molar-refractivity contribution in [3.63, 3.8) is 0 Å². The highest BCUT2D eigenvalue weighted by Crippen LogP contribution is 2.44. The fourth-order valence-corrected chi connectivity index (χ4v) is 3.85. The number of amides is 1. The number of carbonyl (C=O) groups excluding carboxylic acids is 2. The number of hydrogen-bond donors (Lipinski definition) is 1. The first-order valence-electron chi connectivity index (χ1n) is 10.0. The molecule has 0 aromatic heterocycles. The number of ether oxygens (including phenoxy) is 2. The molecule has 1 fully saturated rings. The monoisotopic (exact) mass is 469 g/mol. The van der Waals surface area contributed by atoms with Crippen LogP contribution in [-0.2, 0) is 9.59 Å². The minimum atomic E-state index is -1.37. The molecule has 1 unspecified atom stereocenters. The van der Waals surface area contributed by atoms with Gasteiger partial charge in [0, 0.05) is 12.1 Å². The molecule has 1 amide bonds. The van der Waals surface area contributed by atoms with Crippen LogP contribution in [0.15, 0.2) is 66.2 Å². The second-order valence-corrected chi connectivity index (χ2v) is 7.38. The van der Waals surface area contributed by atoms with Crippen molar-refractivity contribution in [2.45, 2.75) is 6.04 Å². The Labute approximate surface area is 192 Å². The fourth-order valence-electron chi connectivity index (χ4n) is 3.85. The topological polar surface area (TPSA) is 76.1 Å². The summed E-state index contributed by atoms with van der Waals surface area (Å²) in [5.74, 6) is -4.77. The van der Waals surface area contributed by atoms with Crippen molar-refractivity contribution in [1.29, 1.82) is 0 Å². The summed E-state index contributed by atoms with van der Waals surface area (Å²) in [4.78, 5) is 26.9. The van der Waals surface area contributed by atoms with Gasteiger partial charge in [0.25, 0.3) is 11.7 Å². The molecule has 34 heavy (non-hydrogen) atoms. The summed E-state index contributed by atoms with van der Waals surface area (Å²) >= 11 is 0. The molecule has 3 aromatic rings. The number of anilines is 1. The number of halogens is 3. The van der Waals surface area contributed by atoms with Crippen LogP contribution in [-0.4, -0.2) is 31.0 Å². The van der Waals surface area contributed by atoms with E-state index in [1.54, 1.807) is 0 Å². The maximum atomic E-state index is 14.7. The van der Waals surface area contributed by atoms with Crippen LogP contribution in [0.1, 0.15) is 17.2 Å². The standard InChI is InChI=1S/C25H18F3NO5/c1-33-16-8-9-17(20(12-16)34-2)23(30)21-22(13-3-5-14(26)6-4-13)29(25(32)24(21)31)19-11-15(27)7-10-18(19)28/h3-12,22,30H,1-2H3/b23-21-. The van der Waals surface area contributed by atoms with Crippen LogP contribution in [0.5, 0.6) is 11.5 Å². The van der Waals surface area contributed by atoms with Crippen molar-refractivity contribution in [3.8, 4) is 11.5 Å². The number of methoxy groups -OCH3 is 2. The lowest BCUT2D eigenvalue weighted by molar-refractivity contribution is -0.132. The summed E-state index contributed by atoms with van der Waals surface area (Å²) in [7, 11) is 2.77. The number of nitrogens with zero attached hydrogens (tertiary/aromatic N) is 1. The van der Waals surface area contributed by atoms with E-state index in [-0.39, 0.29) is 16.9 Å². The first-order valence-corrected chi connectivity index (χ1v) is 10.0. The first kappa shape index (κ1) is 22.9. The van der Waals surface area contributed by atoms with Gasteiger partial charge in [-0.25, -0.2) is 13.2 Å². The first-order chi connectivity index (χ1) is 16.3. The zero-order chi connectivity index (χ0) is 24.6. The van der Waals surface area contributed by atoms with Crippen molar-refractivity contribution in [1.82, 2.24) is 0 Å². The van der Waals surface area contributed by atoms with Gasteiger partial charge in [0.1, 0.15) is 34.7 Å². The third kappa shape index (κ3) is 3.85. The number of aliphatic hydroxyl groups excluding tert-OH is 1. The maximum absolute atomic E-state index is 14.7. The summed E-state index contributed by atoms with van der Waals surface area (Å²) < 4.78 is 52.7. The van der Waals surface area contributed by atoms with Crippen molar-refractivity contribution in [2.24, 2.45) is 0 Å². The fraction of sp³-hybridized carbons (Fsp3) is 0.120. The van der Waals surface area contributed by atoms with Gasteiger partial charge in [-0.15, -0.1) is 0 Å². The van der Waals surface area contributed by atoms with Crippen LogP contribution in [0.2, 0.25) is 0 Å². The Balaban J connectivity index is 1.99. The van der Waals surface area contributed by atoms with Gasteiger partial charge in [0.2, 0.25) is 0 Å². The van der Waals surface area contributed by atoms with Gasteiger partial charge in [-0.05, 0) is 42.0 Å². The van der Waals surface area contributed by atoms with E-state index < -0.39 is 52.2 Å². The van der Waals surface area contributed by atoms with E-state index >= 15 is 0 Å². The molecule has 4 rings (SSSR count). The van der Waals surface area contributed by atoms with E-state index in [0.29, 0.717) is 5.75 Å². The molecular formula is C25H18F3NO5. The number of carbonyl (C=O) groups is 2. The zero-order valence-electron chi connectivity index (χ0n) is 18.0. The quantitative estimate of drug-likeness (QED) is 0.332. The molecular weight excluding hydrogens is 451 g/mol. The van der Waals surface area contributed by atoms with E-state index in [4.69, 9.17) is 9.47 Å². The van der Waals surface area contributed by atoms with E-state index in [9.17, 15) is 27.9 Å². The minimum Gasteiger partial charge on any atom is -0.507 e. The molecule has 9 heteroatoms. The summed E-state index contributed by atoms with van der Waals surface area (Å²) in [6.45, 7) is 0. The minimum absolute atomic E-state index is 0.0631. The molecule has 1 aliphatic heterocycles. The van der Waals surface area contributed by atoms with E-state index in [0.717, 1.165) is 35.2 Å². The second-order valence-electron chi connectivity index (χ2n) is 7.38. The number of benzene rings is 3. The molecule has 1 aliphatic rings. The Kier molecular flexibility index (Phi) is 6.02. The molecule has 0 aliphatic carbocycles. The van der Waals surface area contributed by atoms with Gasteiger partial charge < -0.3 is 14.6 Å². The van der Waals surface area contributed by atoms with Crippen LogP contribution in [0.25, 0.3) is 5.76 Å². The summed E-state index contributed by atoms with van der Waals surface area (Å²) in [6, 6.07) is 10.2. The van der Waals surface area contributed by atoms with Gasteiger partial charge in [0.05, 0.1) is 37.1 Å². The largest absolute Gasteiger partial charge is 0.507 e. The Morgan fingerprint density at radius 3 is 2.21 bits per heavy atom. The normalized spacial score (nSPS) is 17.2. The lowest BCUT2D eigenvalue weighted by atomic mass is 9.94. The number of Topliss-reactive ketones (excluding diaryl/α,β-unsaturated/α-hetero) is 1. The Bertz CT molecular complexity index is 1320. The molecule has 1 atom stereocenters. The highest BCUT2D eigenvalue weighted by molar-refractivity contribution is 6.51. The van der Waals surface area contributed by atoms with Crippen LogP contribution >= 0.6 is 0 Å². The zero-order valence-corrected chi connectivity index (χ0v) is 18.0. The van der Waals surface area contributed by atoms with Crippen LogP contribution < -0.4 is 14.4 Å². The molecule has 1 saturated heterocycles. The molecule has 1 N–H and O–H groups in total. The molecule has 1 heterocycles. The molecule has 0 radical (unpaired) electrons. The predicted octanol–water partition coefficient (Wildman–Crippen LogP) is 4.75. The van der Waals surface area contributed by atoms with Gasteiger partial charge in [-0.2, -0.15) is 0 Å². The highest BCUT2D eigenvalue weighted by atomic mass is 19.1. The molecule has 6 nitrogen and oxygen atoms in total. The average Bonchev–Trinajstić information content (AvgIpc) is 3.10. The molecule has 0 bridgehead atoms. The van der Waals surface area contributed by atoms with Gasteiger partial charge in [-0.3, -0.25) is 14.5 Å². The number of aliphatic hydroxyl groups is 1. The number of ketones is 1. The van der Waals surface area contributed by atoms with Gasteiger partial charge in [-0.1, -0.05) is 12.1 Å². The third-order valence-electron chi connectivity index (χ3n) is 5.46. The smallest absolute Gasteiger partial charge is 0.300 e. The highest BCUT2D eigenvalue weighted by Gasteiger charge is 2.48. The average molecular weight is 469 g/mol. The van der Waals surface area contributed by atoms with Crippen molar-refractivity contribution in [2.75, 3.05) is 19.1 Å². The number of rotatable bonds is 5. The van der Waals surface area contributed by atoms with E-state index in [1.165, 1.54) is 44.6 Å². The summed E-state index contributed by atoms with van der Waals surface area (Å²) in [5.41, 5.74) is -0.646. The van der Waals surface area contributed by atoms with Crippen LogP contribution in [0, 0.1) is 17.5 Å². The second kappa shape index (κ2) is 8.93. The summed E-state index contributed by atoms with van der Waals surface area (Å²) in [6.07, 6.45) is 0. The molecule has 0 spiro atoms. The molecule has 3 aromatic carbocycles. The number of hydrogen-bond acceptors (Lipinski definition) is 5. The Morgan fingerprint density at radius 2 is 1.56 bits per heavy atom. The van der Waals surface area contributed by atoms with Gasteiger partial charge >= 0.3 is 0 Å². The van der Waals surface area contributed by atoms with Crippen molar-refractivity contribution < 1.29 is 37.3 Å². The Hall–Kier alpha value is -4.27. The molecule has 0 saturated carbocycles. The lowest BCUT2D eigenvalue weighted by Gasteiger charge is -2.26. The van der Waals surface area contributed by atoms with E-state index in [1.807, 2.05) is 0 Å². The summed E-state index contributed by atoms with van der Waals surface area (Å²) in [5, 5.41) is 11.2. The van der Waals surface area contributed by atoms with Crippen molar-refractivity contribution in [3.05, 3.63) is 94.8 Å². The third-order valence-corrected chi connectivity index (χ3v) is 5.46. The lowest BCUT2D eigenvalue weighted by Crippen LogP contribution is -2.30. The van der Waals surface area contributed by atoms with Crippen molar-refractivity contribution >= 4 is 23.1 Å². The van der Waals surface area contributed by atoms with Crippen LogP contribution in [0.4, 0.5) is 18.9 Å². The Morgan fingerprint density at radius 1 is 0.882 bits per heavy atom. The van der Waals surface area contributed by atoms with Crippen LogP contribution in [0.3, 0.4) is 0 Å². The van der Waals surface area contributed by atoms with Gasteiger partial charge in [0.15, 0.2) is 0 Å². The maximum Gasteiger partial charge on any atom is 0.300 e. The molecule has 174 valence electrons.